The fourth-order valence-electron chi connectivity index (χ4n) is 0.776. The zero-order valence-electron chi connectivity index (χ0n) is 8.07. The molecule has 0 saturated carbocycles. The van der Waals surface area contributed by atoms with Gasteiger partial charge in [0.25, 0.3) is 5.56 Å². The van der Waals surface area contributed by atoms with Crippen molar-refractivity contribution in [1.82, 2.24) is 15.7 Å². The van der Waals surface area contributed by atoms with Crippen molar-refractivity contribution in [3.05, 3.63) is 22.1 Å². The lowest BCUT2D eigenvalue weighted by molar-refractivity contribution is 0.194. The second-order valence-electron chi connectivity index (χ2n) is 2.17. The van der Waals surface area contributed by atoms with Gasteiger partial charge in [-0.1, -0.05) is 0 Å². The van der Waals surface area contributed by atoms with E-state index in [9.17, 15) is 4.79 Å². The minimum atomic E-state index is -0.299. The van der Waals surface area contributed by atoms with E-state index in [0.29, 0.717) is 11.3 Å². The quantitative estimate of drug-likeness (QED) is 0.449. The zero-order chi connectivity index (χ0) is 11.0. The topological polar surface area (TPSA) is 113 Å². The smallest absolute Gasteiger partial charge is 0.272 e. The SMILES string of the molecule is CNO.COc1cn[nH]c(=O)c1CN. The van der Waals surface area contributed by atoms with Crippen LogP contribution in [0.4, 0.5) is 0 Å². The van der Waals surface area contributed by atoms with Crippen molar-refractivity contribution in [3.63, 3.8) is 0 Å². The highest BCUT2D eigenvalue weighted by atomic mass is 16.5. The van der Waals surface area contributed by atoms with Crippen molar-refractivity contribution in [1.29, 1.82) is 0 Å². The Labute approximate surface area is 80.9 Å². The highest BCUT2D eigenvalue weighted by Gasteiger charge is 2.04. The van der Waals surface area contributed by atoms with Gasteiger partial charge in [0.15, 0.2) is 0 Å². The van der Waals surface area contributed by atoms with Gasteiger partial charge in [0.1, 0.15) is 5.75 Å². The number of nitrogens with zero attached hydrogens (tertiary/aromatic N) is 1. The fraction of sp³-hybridized carbons (Fsp3) is 0.429. The van der Waals surface area contributed by atoms with Crippen LogP contribution >= 0.6 is 0 Å². The predicted octanol–water partition coefficient (Wildman–Crippen LogP) is -1.17. The summed E-state index contributed by atoms with van der Waals surface area (Å²) in [6.07, 6.45) is 1.42. The average molecular weight is 202 g/mol. The third kappa shape index (κ3) is 3.52. The van der Waals surface area contributed by atoms with Crippen molar-refractivity contribution in [2.45, 2.75) is 6.54 Å². The molecule has 0 saturated heterocycles. The van der Waals surface area contributed by atoms with Gasteiger partial charge >= 0.3 is 0 Å². The zero-order valence-corrected chi connectivity index (χ0v) is 8.07. The van der Waals surface area contributed by atoms with E-state index < -0.39 is 0 Å². The summed E-state index contributed by atoms with van der Waals surface area (Å²) in [5.74, 6) is 0.427. The van der Waals surface area contributed by atoms with E-state index in [4.69, 9.17) is 15.7 Å². The molecule has 0 unspecified atom stereocenters. The summed E-state index contributed by atoms with van der Waals surface area (Å²) in [6.45, 7) is 0.154. The molecule has 7 heteroatoms. The van der Waals surface area contributed by atoms with Gasteiger partial charge in [0, 0.05) is 13.6 Å². The summed E-state index contributed by atoms with van der Waals surface area (Å²) >= 11 is 0. The summed E-state index contributed by atoms with van der Waals surface area (Å²) in [4.78, 5) is 11.0. The van der Waals surface area contributed by atoms with Gasteiger partial charge in [-0.15, -0.1) is 0 Å². The first kappa shape index (κ1) is 12.6. The number of nitrogens with one attached hydrogen (secondary N) is 2. The van der Waals surface area contributed by atoms with Crippen LogP contribution in [-0.2, 0) is 6.54 Å². The van der Waals surface area contributed by atoms with Crippen LogP contribution in [0.1, 0.15) is 5.56 Å². The number of hydrogen-bond donors (Lipinski definition) is 4. The highest BCUT2D eigenvalue weighted by molar-refractivity contribution is 5.26. The van der Waals surface area contributed by atoms with Crippen LogP contribution in [0.25, 0.3) is 0 Å². The number of ether oxygens (including phenoxy) is 1. The molecule has 0 aliphatic rings. The minimum absolute atomic E-state index is 0.154. The van der Waals surface area contributed by atoms with Crippen LogP contribution in [0, 0.1) is 0 Å². The maximum absolute atomic E-state index is 11.0. The summed E-state index contributed by atoms with van der Waals surface area (Å²) in [5.41, 5.74) is 7.17. The van der Waals surface area contributed by atoms with E-state index >= 15 is 0 Å². The number of H-pyrrole nitrogens is 1. The molecular weight excluding hydrogens is 188 g/mol. The lowest BCUT2D eigenvalue weighted by Gasteiger charge is -2.01. The molecule has 1 heterocycles. The average Bonchev–Trinajstić information content (AvgIpc) is 2.18. The van der Waals surface area contributed by atoms with E-state index in [0.717, 1.165) is 0 Å². The van der Waals surface area contributed by atoms with E-state index in [1.54, 1.807) is 5.48 Å². The first-order valence-electron chi connectivity index (χ1n) is 3.82. The van der Waals surface area contributed by atoms with E-state index in [1.165, 1.54) is 20.4 Å². The lowest BCUT2D eigenvalue weighted by atomic mass is 10.3. The molecule has 14 heavy (non-hydrogen) atoms. The molecule has 0 spiro atoms. The van der Waals surface area contributed by atoms with E-state index in [-0.39, 0.29) is 12.1 Å². The lowest BCUT2D eigenvalue weighted by Crippen LogP contribution is -2.18. The number of rotatable bonds is 2. The molecule has 0 aromatic carbocycles. The second kappa shape index (κ2) is 7.01. The number of hydroxylamine groups is 1. The predicted molar refractivity (Wildman–Crippen MR) is 50.1 cm³/mol. The summed E-state index contributed by atoms with van der Waals surface area (Å²) < 4.78 is 4.85. The second-order valence-corrected chi connectivity index (χ2v) is 2.17. The number of aromatic amines is 1. The van der Waals surface area contributed by atoms with Crippen LogP contribution in [0.5, 0.6) is 5.75 Å². The molecule has 80 valence electrons. The van der Waals surface area contributed by atoms with Crippen molar-refractivity contribution in [3.8, 4) is 5.75 Å². The molecule has 7 nitrogen and oxygen atoms in total. The Hall–Kier alpha value is -1.44. The van der Waals surface area contributed by atoms with E-state index in [2.05, 4.69) is 10.2 Å². The van der Waals surface area contributed by atoms with Crippen molar-refractivity contribution < 1.29 is 9.94 Å². The van der Waals surface area contributed by atoms with Gasteiger partial charge in [-0.2, -0.15) is 5.10 Å². The van der Waals surface area contributed by atoms with Crippen molar-refractivity contribution in [2.75, 3.05) is 14.2 Å². The Kier molecular flexibility index (Phi) is 6.29. The maximum Gasteiger partial charge on any atom is 0.272 e. The standard InChI is InChI=1S/C6H9N3O2.CH5NO/c1-11-5-3-8-9-6(10)4(5)2-7;1-2-3/h3H,2,7H2,1H3,(H,9,10);2-3H,1H3. The molecule has 0 amide bonds. The Bertz CT molecular complexity index is 312. The fourth-order valence-corrected chi connectivity index (χ4v) is 0.776. The summed E-state index contributed by atoms with van der Waals surface area (Å²) in [7, 11) is 2.90. The minimum Gasteiger partial charge on any atom is -0.495 e. The molecule has 1 rings (SSSR count). The van der Waals surface area contributed by atoms with Gasteiger partial charge in [0.2, 0.25) is 0 Å². The maximum atomic E-state index is 11.0. The van der Waals surface area contributed by atoms with Gasteiger partial charge in [0.05, 0.1) is 18.9 Å². The molecule has 0 bridgehead atoms. The Morgan fingerprint density at radius 2 is 2.36 bits per heavy atom. The molecule has 0 aliphatic heterocycles. The van der Waals surface area contributed by atoms with Gasteiger partial charge in [-0.3, -0.25) is 4.79 Å². The van der Waals surface area contributed by atoms with Crippen LogP contribution in [0.15, 0.2) is 11.0 Å². The first-order valence-corrected chi connectivity index (χ1v) is 3.82. The molecule has 1 aromatic rings. The Morgan fingerprint density at radius 3 is 2.71 bits per heavy atom. The Balaban J connectivity index is 0.000000500. The van der Waals surface area contributed by atoms with Crippen LogP contribution in [0.3, 0.4) is 0 Å². The molecule has 0 fully saturated rings. The van der Waals surface area contributed by atoms with Crippen LogP contribution in [0.2, 0.25) is 0 Å². The first-order chi connectivity index (χ1) is 6.71. The highest BCUT2D eigenvalue weighted by Crippen LogP contribution is 2.08. The van der Waals surface area contributed by atoms with Gasteiger partial charge in [-0.05, 0) is 0 Å². The van der Waals surface area contributed by atoms with Crippen molar-refractivity contribution >= 4 is 0 Å². The monoisotopic (exact) mass is 202 g/mol. The number of aromatic nitrogens is 2. The molecule has 0 radical (unpaired) electrons. The van der Waals surface area contributed by atoms with Crippen molar-refractivity contribution in [2.24, 2.45) is 5.73 Å². The third-order valence-electron chi connectivity index (χ3n) is 1.34. The van der Waals surface area contributed by atoms with Crippen LogP contribution in [-0.4, -0.2) is 29.6 Å². The van der Waals surface area contributed by atoms with Gasteiger partial charge < -0.3 is 15.7 Å². The van der Waals surface area contributed by atoms with Crippen LogP contribution < -0.4 is 21.5 Å². The van der Waals surface area contributed by atoms with E-state index in [1.807, 2.05) is 0 Å². The number of methoxy groups -OCH3 is 1. The van der Waals surface area contributed by atoms with Gasteiger partial charge in [-0.25, -0.2) is 10.6 Å². The normalized spacial score (nSPS) is 8.86. The molecule has 0 aliphatic carbocycles. The molecule has 5 N–H and O–H groups in total. The molecular formula is C7H14N4O3. The number of nitrogens with two attached hydrogens (primary N) is 1. The summed E-state index contributed by atoms with van der Waals surface area (Å²) in [6, 6.07) is 0. The Morgan fingerprint density at radius 1 is 1.79 bits per heavy atom. The summed E-state index contributed by atoms with van der Waals surface area (Å²) in [5, 5.41) is 13.1. The molecule has 0 atom stereocenters. The third-order valence-corrected chi connectivity index (χ3v) is 1.34. The largest absolute Gasteiger partial charge is 0.495 e. The molecule has 1 aromatic heterocycles. The number of hydrogen-bond acceptors (Lipinski definition) is 6.